The van der Waals surface area contributed by atoms with Crippen LogP contribution in [-0.2, 0) is 6.42 Å². The molecule has 2 aromatic carbocycles. The van der Waals surface area contributed by atoms with Crippen molar-refractivity contribution in [2.45, 2.75) is 20.3 Å². The second kappa shape index (κ2) is 6.12. The summed E-state index contributed by atoms with van der Waals surface area (Å²) in [4.78, 5) is 4.77. The van der Waals surface area contributed by atoms with Gasteiger partial charge in [-0.25, -0.2) is 4.98 Å². The van der Waals surface area contributed by atoms with E-state index < -0.39 is 0 Å². The van der Waals surface area contributed by atoms with Crippen molar-refractivity contribution in [2.24, 2.45) is 0 Å². The Morgan fingerprint density at radius 1 is 1.05 bits per heavy atom. The van der Waals surface area contributed by atoms with Crippen LogP contribution in [0.4, 0.5) is 0 Å². The Hall–Kier alpha value is -1.45. The minimum atomic E-state index is 0.904. The van der Waals surface area contributed by atoms with Gasteiger partial charge in [0.25, 0.3) is 0 Å². The molecular formula is C18H16BrNS. The maximum absolute atomic E-state index is 4.77. The first-order chi connectivity index (χ1) is 10.1. The van der Waals surface area contributed by atoms with Crippen molar-refractivity contribution in [1.82, 2.24) is 4.98 Å². The summed E-state index contributed by atoms with van der Waals surface area (Å²) < 4.78 is 1.09. The average molecular weight is 358 g/mol. The highest BCUT2D eigenvalue weighted by Crippen LogP contribution is 2.26. The number of hydrogen-bond donors (Lipinski definition) is 0. The molecule has 0 amide bonds. The van der Waals surface area contributed by atoms with Crippen molar-refractivity contribution in [2.75, 3.05) is 0 Å². The Bertz CT molecular complexity index is 756. The van der Waals surface area contributed by atoms with Gasteiger partial charge in [0.05, 0.1) is 10.7 Å². The first kappa shape index (κ1) is 14.5. The largest absolute Gasteiger partial charge is 0.241 e. The number of rotatable bonds is 3. The molecule has 0 unspecified atom stereocenters. The molecule has 1 aromatic heterocycles. The van der Waals surface area contributed by atoms with Crippen LogP contribution in [0, 0.1) is 13.8 Å². The zero-order valence-electron chi connectivity index (χ0n) is 12.1. The third-order valence-corrected chi connectivity index (χ3v) is 4.65. The monoisotopic (exact) mass is 357 g/mol. The zero-order chi connectivity index (χ0) is 14.8. The molecule has 3 heteroatoms. The number of aromatic nitrogens is 1. The summed E-state index contributed by atoms with van der Waals surface area (Å²) in [7, 11) is 0. The van der Waals surface area contributed by atoms with E-state index in [0.717, 1.165) is 27.2 Å². The van der Waals surface area contributed by atoms with Crippen LogP contribution in [0.15, 0.2) is 52.3 Å². The van der Waals surface area contributed by atoms with Gasteiger partial charge in [-0.3, -0.25) is 0 Å². The molecular weight excluding hydrogens is 342 g/mol. The number of thiazole rings is 1. The molecule has 0 aliphatic heterocycles. The van der Waals surface area contributed by atoms with E-state index in [1.165, 1.54) is 16.7 Å². The van der Waals surface area contributed by atoms with Crippen molar-refractivity contribution in [3.63, 3.8) is 0 Å². The van der Waals surface area contributed by atoms with Gasteiger partial charge in [-0.2, -0.15) is 0 Å². The highest BCUT2D eigenvalue weighted by Gasteiger charge is 2.06. The molecule has 0 N–H and O–H groups in total. The molecule has 1 heterocycles. The molecule has 1 nitrogen and oxygen atoms in total. The molecule has 106 valence electrons. The van der Waals surface area contributed by atoms with Crippen LogP contribution >= 0.6 is 27.3 Å². The maximum Gasteiger partial charge on any atom is 0.0976 e. The summed E-state index contributed by atoms with van der Waals surface area (Å²) in [6.45, 7) is 4.29. The molecule has 0 atom stereocenters. The fourth-order valence-corrected chi connectivity index (χ4v) is 3.75. The van der Waals surface area contributed by atoms with Crippen molar-refractivity contribution in [3.05, 3.63) is 74.0 Å². The van der Waals surface area contributed by atoms with Gasteiger partial charge < -0.3 is 0 Å². The maximum atomic E-state index is 4.77. The normalized spacial score (nSPS) is 10.8. The van der Waals surface area contributed by atoms with Crippen molar-refractivity contribution >= 4 is 27.3 Å². The van der Waals surface area contributed by atoms with Crippen LogP contribution < -0.4 is 0 Å². The van der Waals surface area contributed by atoms with Gasteiger partial charge in [0.1, 0.15) is 0 Å². The van der Waals surface area contributed by atoms with Gasteiger partial charge in [-0.15, -0.1) is 11.3 Å². The molecule has 0 radical (unpaired) electrons. The van der Waals surface area contributed by atoms with E-state index in [9.17, 15) is 0 Å². The van der Waals surface area contributed by atoms with Crippen LogP contribution in [0.1, 0.15) is 21.7 Å². The van der Waals surface area contributed by atoms with Crippen LogP contribution in [0.2, 0.25) is 0 Å². The van der Waals surface area contributed by atoms with Crippen LogP contribution in [-0.4, -0.2) is 4.98 Å². The molecule has 0 saturated heterocycles. The Morgan fingerprint density at radius 3 is 2.52 bits per heavy atom. The summed E-state index contributed by atoms with van der Waals surface area (Å²) >= 11 is 5.24. The van der Waals surface area contributed by atoms with E-state index in [0.29, 0.717) is 0 Å². The van der Waals surface area contributed by atoms with Crippen LogP contribution in [0.3, 0.4) is 0 Å². The highest BCUT2D eigenvalue weighted by atomic mass is 79.9. The summed E-state index contributed by atoms with van der Waals surface area (Å²) in [5.74, 6) is 0. The van der Waals surface area contributed by atoms with Crippen molar-refractivity contribution in [3.8, 4) is 11.3 Å². The second-order valence-electron chi connectivity index (χ2n) is 5.31. The van der Waals surface area contributed by atoms with E-state index in [-0.39, 0.29) is 0 Å². The number of benzene rings is 2. The SMILES string of the molecule is Cc1cc(C)cc(Cc2nc(-c3cccc(Br)c3)cs2)c1. The fourth-order valence-electron chi connectivity index (χ4n) is 2.52. The highest BCUT2D eigenvalue weighted by molar-refractivity contribution is 9.10. The topological polar surface area (TPSA) is 12.9 Å². The number of nitrogens with zero attached hydrogens (tertiary/aromatic N) is 1. The van der Waals surface area contributed by atoms with Crippen LogP contribution in [0.5, 0.6) is 0 Å². The standard InChI is InChI=1S/C18H16BrNS/c1-12-6-13(2)8-14(7-12)9-18-20-17(11-21-18)15-4-3-5-16(19)10-15/h3-8,10-11H,9H2,1-2H3. The van der Waals surface area contributed by atoms with Gasteiger partial charge in [0.2, 0.25) is 0 Å². The summed E-state index contributed by atoms with van der Waals surface area (Å²) in [5, 5.41) is 3.30. The lowest BCUT2D eigenvalue weighted by atomic mass is 10.1. The third kappa shape index (κ3) is 3.60. The van der Waals surface area contributed by atoms with E-state index in [4.69, 9.17) is 4.98 Å². The number of halogens is 1. The smallest absolute Gasteiger partial charge is 0.0976 e. The predicted molar refractivity (Wildman–Crippen MR) is 94.0 cm³/mol. The molecule has 0 bridgehead atoms. The lowest BCUT2D eigenvalue weighted by Gasteiger charge is -2.03. The predicted octanol–water partition coefficient (Wildman–Crippen LogP) is 5.78. The van der Waals surface area contributed by atoms with Gasteiger partial charge >= 0.3 is 0 Å². The molecule has 21 heavy (non-hydrogen) atoms. The third-order valence-electron chi connectivity index (χ3n) is 3.31. The first-order valence-corrected chi connectivity index (χ1v) is 8.55. The molecule has 0 spiro atoms. The number of aryl methyl sites for hydroxylation is 2. The molecule has 0 saturated carbocycles. The molecule has 0 aliphatic carbocycles. The minimum Gasteiger partial charge on any atom is -0.241 e. The van der Waals surface area contributed by atoms with E-state index in [2.05, 4.69) is 65.5 Å². The Morgan fingerprint density at radius 2 is 1.81 bits per heavy atom. The fraction of sp³-hybridized carbons (Fsp3) is 0.167. The zero-order valence-corrected chi connectivity index (χ0v) is 14.5. The van der Waals surface area contributed by atoms with E-state index in [1.54, 1.807) is 11.3 Å². The summed E-state index contributed by atoms with van der Waals surface area (Å²) in [6, 6.07) is 15.0. The quantitative estimate of drug-likeness (QED) is 0.578. The first-order valence-electron chi connectivity index (χ1n) is 6.88. The lowest BCUT2D eigenvalue weighted by Crippen LogP contribution is -1.90. The van der Waals surface area contributed by atoms with Gasteiger partial charge in [0, 0.05) is 21.8 Å². The second-order valence-corrected chi connectivity index (χ2v) is 7.17. The number of hydrogen-bond acceptors (Lipinski definition) is 2. The van der Waals surface area contributed by atoms with Gasteiger partial charge in [0.15, 0.2) is 0 Å². The summed E-state index contributed by atoms with van der Waals surface area (Å²) in [6.07, 6.45) is 0.904. The molecule has 0 aliphatic rings. The van der Waals surface area contributed by atoms with E-state index >= 15 is 0 Å². The molecule has 0 fully saturated rings. The molecule has 3 rings (SSSR count). The Labute approximate surface area is 137 Å². The minimum absolute atomic E-state index is 0.904. The van der Waals surface area contributed by atoms with Gasteiger partial charge in [-0.05, 0) is 31.5 Å². The summed E-state index contributed by atoms with van der Waals surface area (Å²) in [5.41, 5.74) is 6.18. The molecule has 3 aromatic rings. The average Bonchev–Trinajstić information content (AvgIpc) is 2.86. The Balaban J connectivity index is 1.85. The van der Waals surface area contributed by atoms with Crippen LogP contribution in [0.25, 0.3) is 11.3 Å². The van der Waals surface area contributed by atoms with Crippen molar-refractivity contribution in [1.29, 1.82) is 0 Å². The van der Waals surface area contributed by atoms with E-state index in [1.807, 2.05) is 12.1 Å². The Kier molecular flexibility index (Phi) is 4.22. The van der Waals surface area contributed by atoms with Crippen molar-refractivity contribution < 1.29 is 0 Å². The van der Waals surface area contributed by atoms with Gasteiger partial charge in [-0.1, -0.05) is 57.4 Å². The lowest BCUT2D eigenvalue weighted by molar-refractivity contribution is 1.13.